The van der Waals surface area contributed by atoms with Crippen LogP contribution in [0.15, 0.2) is 4.79 Å². The summed E-state index contributed by atoms with van der Waals surface area (Å²) in [5.41, 5.74) is 5.84. The first kappa shape index (κ1) is 23.0. The molecule has 31 heavy (non-hydrogen) atoms. The highest BCUT2D eigenvalue weighted by Gasteiger charge is 2.45. The summed E-state index contributed by atoms with van der Waals surface area (Å²) < 4.78 is 19.7. The van der Waals surface area contributed by atoms with Crippen LogP contribution in [0.3, 0.4) is 0 Å². The van der Waals surface area contributed by atoms with Gasteiger partial charge in [0.2, 0.25) is 5.95 Å². The predicted octanol–water partition coefficient (Wildman–Crippen LogP) is 1.80. The van der Waals surface area contributed by atoms with Crippen molar-refractivity contribution < 1.29 is 23.8 Å². The number of anilines is 1. The van der Waals surface area contributed by atoms with Crippen LogP contribution in [0.4, 0.5) is 5.95 Å². The van der Waals surface area contributed by atoms with Gasteiger partial charge in [-0.1, -0.05) is 25.4 Å². The second-order valence-electron chi connectivity index (χ2n) is 7.35. The summed E-state index contributed by atoms with van der Waals surface area (Å²) in [4.78, 5) is 44.7. The Morgan fingerprint density at radius 1 is 1.29 bits per heavy atom. The van der Waals surface area contributed by atoms with E-state index in [0.29, 0.717) is 24.9 Å². The Morgan fingerprint density at radius 3 is 2.58 bits per heavy atom. The third kappa shape index (κ3) is 4.52. The fourth-order valence-corrected chi connectivity index (χ4v) is 4.17. The van der Waals surface area contributed by atoms with E-state index in [-0.39, 0.29) is 23.2 Å². The van der Waals surface area contributed by atoms with Crippen LogP contribution < -0.4 is 11.4 Å². The molecule has 0 bridgehead atoms. The second kappa shape index (κ2) is 9.23. The molecule has 0 spiro atoms. The number of nitrogens with two attached hydrogens (primary N) is 1. The van der Waals surface area contributed by atoms with Crippen molar-refractivity contribution in [1.82, 2.24) is 19.1 Å². The van der Waals surface area contributed by atoms with Gasteiger partial charge >= 0.3 is 17.6 Å². The number of hydrogen-bond donors (Lipinski definition) is 1. The van der Waals surface area contributed by atoms with Crippen molar-refractivity contribution in [3.8, 4) is 0 Å². The van der Waals surface area contributed by atoms with Crippen molar-refractivity contribution in [2.75, 3.05) is 5.73 Å². The number of hydrogen-bond acceptors (Lipinski definition) is 9. The molecule has 3 rings (SSSR count). The normalized spacial score (nSPS) is 21.9. The summed E-state index contributed by atoms with van der Waals surface area (Å²) in [6.45, 7) is 6.71. The molecule has 0 aromatic carbocycles. The van der Waals surface area contributed by atoms with E-state index in [1.165, 1.54) is 23.0 Å². The number of rotatable bonds is 7. The average Bonchev–Trinajstić information content (AvgIpc) is 3.18. The Bertz CT molecular complexity index is 1050. The van der Waals surface area contributed by atoms with Gasteiger partial charge in [-0.25, -0.2) is 9.36 Å². The number of aromatic nitrogens is 4. The van der Waals surface area contributed by atoms with Crippen molar-refractivity contribution in [1.29, 1.82) is 0 Å². The quantitative estimate of drug-likeness (QED) is 0.488. The van der Waals surface area contributed by atoms with E-state index in [9.17, 15) is 14.4 Å². The molecule has 2 aromatic rings. The number of esters is 2. The first-order chi connectivity index (χ1) is 14.7. The minimum atomic E-state index is -1.00. The molecule has 0 saturated carbocycles. The number of carbonyl (C=O) groups is 2. The molecule has 2 N–H and O–H groups in total. The van der Waals surface area contributed by atoms with Crippen molar-refractivity contribution in [3.63, 3.8) is 0 Å². The lowest BCUT2D eigenvalue weighted by Gasteiger charge is -2.22. The highest BCUT2D eigenvalue weighted by molar-refractivity contribution is 6.33. The van der Waals surface area contributed by atoms with E-state index in [1.54, 1.807) is 0 Å². The van der Waals surface area contributed by atoms with Gasteiger partial charge in [0.05, 0.1) is 0 Å². The molecule has 1 aliphatic heterocycles. The molecule has 4 atom stereocenters. The molecular formula is C19H26ClN5O6. The standard InChI is InChI=1S/C19H26ClN5O6/c1-5-7-24-14-15(20)22-18(21)23-16(14)25(19(24)28)17-13(30-10(4)27)8-12(31-17)11(6-2)29-9(3)26/h11-13,17H,5-8H2,1-4H3,(H2,21,22,23)/t11-,12-,13+,17+/m0/s1. The molecule has 1 fully saturated rings. The molecule has 0 radical (unpaired) electrons. The smallest absolute Gasteiger partial charge is 0.332 e. The summed E-state index contributed by atoms with van der Waals surface area (Å²) >= 11 is 6.29. The molecule has 0 amide bonds. The zero-order valence-electron chi connectivity index (χ0n) is 17.8. The number of nitrogen functional groups attached to an aromatic ring is 1. The van der Waals surface area contributed by atoms with Gasteiger partial charge in [-0.2, -0.15) is 9.97 Å². The highest BCUT2D eigenvalue weighted by atomic mass is 35.5. The Balaban J connectivity index is 2.14. The number of fused-ring (bicyclic) bond motifs is 1. The van der Waals surface area contributed by atoms with Crippen LogP contribution in [-0.4, -0.2) is 49.4 Å². The third-order valence-corrected chi connectivity index (χ3v) is 5.29. The summed E-state index contributed by atoms with van der Waals surface area (Å²) in [5, 5.41) is 0.0386. The summed E-state index contributed by atoms with van der Waals surface area (Å²) in [6, 6.07) is 0. The molecular weight excluding hydrogens is 430 g/mol. The zero-order chi connectivity index (χ0) is 22.9. The molecule has 1 saturated heterocycles. The number of imidazole rings is 1. The Labute approximate surface area is 183 Å². The number of carbonyl (C=O) groups excluding carboxylic acids is 2. The topological polar surface area (TPSA) is 141 Å². The second-order valence-corrected chi connectivity index (χ2v) is 7.71. The van der Waals surface area contributed by atoms with Gasteiger partial charge < -0.3 is 19.9 Å². The molecule has 2 aromatic heterocycles. The number of ether oxygens (including phenoxy) is 3. The monoisotopic (exact) mass is 455 g/mol. The van der Waals surface area contributed by atoms with E-state index in [0.717, 1.165) is 0 Å². The van der Waals surface area contributed by atoms with Gasteiger partial charge in [0.15, 0.2) is 17.0 Å². The van der Waals surface area contributed by atoms with Crippen LogP contribution in [-0.2, 0) is 30.3 Å². The van der Waals surface area contributed by atoms with Gasteiger partial charge in [-0.15, -0.1) is 0 Å². The first-order valence-corrected chi connectivity index (χ1v) is 10.5. The van der Waals surface area contributed by atoms with Crippen LogP contribution in [0.5, 0.6) is 0 Å². The largest absolute Gasteiger partial charge is 0.460 e. The molecule has 12 heteroatoms. The van der Waals surface area contributed by atoms with Crippen LogP contribution in [0.2, 0.25) is 5.15 Å². The van der Waals surface area contributed by atoms with E-state index < -0.39 is 42.2 Å². The molecule has 170 valence electrons. The minimum Gasteiger partial charge on any atom is -0.460 e. The van der Waals surface area contributed by atoms with E-state index in [4.69, 9.17) is 31.5 Å². The third-order valence-electron chi connectivity index (χ3n) is 5.03. The fourth-order valence-electron chi connectivity index (χ4n) is 3.90. The van der Waals surface area contributed by atoms with Crippen molar-refractivity contribution >= 4 is 40.7 Å². The van der Waals surface area contributed by atoms with Crippen molar-refractivity contribution in [2.45, 2.75) is 78.0 Å². The van der Waals surface area contributed by atoms with Crippen LogP contribution >= 0.6 is 11.6 Å². The van der Waals surface area contributed by atoms with Gasteiger partial charge in [0.25, 0.3) is 0 Å². The highest BCUT2D eigenvalue weighted by Crippen LogP contribution is 2.36. The van der Waals surface area contributed by atoms with Gasteiger partial charge in [-0.3, -0.25) is 14.2 Å². The van der Waals surface area contributed by atoms with Gasteiger partial charge in [0.1, 0.15) is 23.8 Å². The summed E-state index contributed by atoms with van der Waals surface area (Å²) in [5.74, 6) is -1.09. The Hall–Kier alpha value is -2.66. The van der Waals surface area contributed by atoms with Gasteiger partial charge in [0, 0.05) is 26.8 Å². The summed E-state index contributed by atoms with van der Waals surface area (Å²) in [6.07, 6.45) is -1.59. The number of halogens is 1. The predicted molar refractivity (Wildman–Crippen MR) is 111 cm³/mol. The molecule has 1 aliphatic rings. The van der Waals surface area contributed by atoms with E-state index >= 15 is 0 Å². The van der Waals surface area contributed by atoms with Gasteiger partial charge in [-0.05, 0) is 12.8 Å². The average molecular weight is 456 g/mol. The maximum absolute atomic E-state index is 13.3. The fraction of sp³-hybridized carbons (Fsp3) is 0.632. The van der Waals surface area contributed by atoms with Crippen molar-refractivity contribution in [3.05, 3.63) is 15.6 Å². The van der Waals surface area contributed by atoms with Crippen molar-refractivity contribution in [2.24, 2.45) is 0 Å². The number of aryl methyl sites for hydroxylation is 1. The van der Waals surface area contributed by atoms with E-state index in [1.807, 2.05) is 13.8 Å². The molecule has 0 unspecified atom stereocenters. The lowest BCUT2D eigenvalue weighted by Crippen LogP contribution is -2.34. The SMILES string of the molecule is CCCn1c(=O)n([C@@H]2O[C@H]([C@H](CC)OC(C)=O)C[C@H]2OC(C)=O)c2nc(N)nc(Cl)c21. The van der Waals surface area contributed by atoms with Crippen LogP contribution in [0, 0.1) is 0 Å². The molecule has 0 aliphatic carbocycles. The van der Waals surface area contributed by atoms with Crippen LogP contribution in [0.1, 0.15) is 53.2 Å². The lowest BCUT2D eigenvalue weighted by molar-refractivity contribution is -0.158. The molecule has 11 nitrogen and oxygen atoms in total. The number of nitrogens with zero attached hydrogens (tertiary/aromatic N) is 4. The van der Waals surface area contributed by atoms with E-state index in [2.05, 4.69) is 9.97 Å². The molecule has 3 heterocycles. The maximum atomic E-state index is 13.3. The Kier molecular flexibility index (Phi) is 6.85. The maximum Gasteiger partial charge on any atom is 0.332 e. The Morgan fingerprint density at radius 2 is 2.00 bits per heavy atom. The van der Waals surface area contributed by atoms with Crippen LogP contribution in [0.25, 0.3) is 11.2 Å². The first-order valence-electron chi connectivity index (χ1n) is 10.1. The minimum absolute atomic E-state index is 0.0386. The lowest BCUT2D eigenvalue weighted by atomic mass is 10.1. The zero-order valence-corrected chi connectivity index (χ0v) is 18.6. The summed E-state index contributed by atoms with van der Waals surface area (Å²) in [7, 11) is 0.